The van der Waals surface area contributed by atoms with Gasteiger partial charge in [0.05, 0.1) is 5.60 Å². The highest BCUT2D eigenvalue weighted by Crippen LogP contribution is 2.26. The van der Waals surface area contributed by atoms with Crippen LogP contribution in [0, 0.1) is 0 Å². The molecule has 1 aromatic rings. The van der Waals surface area contributed by atoms with Gasteiger partial charge >= 0.3 is 0 Å². The number of halogens is 1. The van der Waals surface area contributed by atoms with Gasteiger partial charge in [0.1, 0.15) is 22.4 Å². The Labute approximate surface area is 110 Å². The zero-order chi connectivity index (χ0) is 12.9. The molecule has 1 rings (SSSR count). The van der Waals surface area contributed by atoms with E-state index in [1.54, 1.807) is 7.05 Å². The van der Waals surface area contributed by atoms with E-state index in [1.807, 2.05) is 13.8 Å². The summed E-state index contributed by atoms with van der Waals surface area (Å²) in [7, 11) is 1.80. The van der Waals surface area contributed by atoms with Crippen molar-refractivity contribution in [3.63, 3.8) is 0 Å². The summed E-state index contributed by atoms with van der Waals surface area (Å²) in [5, 5.41) is 16.3. The smallest absolute Gasteiger partial charge is 0.146 e. The summed E-state index contributed by atoms with van der Waals surface area (Å²) < 4.78 is 0.775. The maximum absolute atomic E-state index is 10.2. The fraction of sp³-hybridized carbons (Fsp3) is 0.636. The Kier molecular flexibility index (Phi) is 5.14. The lowest BCUT2D eigenvalue weighted by atomic mass is 9.98. The minimum absolute atomic E-state index is 0.471. The van der Waals surface area contributed by atoms with Crippen molar-refractivity contribution in [2.24, 2.45) is 0 Å². The van der Waals surface area contributed by atoms with Crippen molar-refractivity contribution >= 4 is 27.6 Å². The molecule has 17 heavy (non-hydrogen) atoms. The van der Waals surface area contributed by atoms with Crippen LogP contribution < -0.4 is 10.6 Å². The molecule has 0 aliphatic carbocycles. The molecule has 1 aromatic heterocycles. The number of hydrogen-bond donors (Lipinski definition) is 3. The maximum atomic E-state index is 10.2. The van der Waals surface area contributed by atoms with Gasteiger partial charge in [-0.25, -0.2) is 9.97 Å². The second-order valence-electron chi connectivity index (χ2n) is 3.92. The zero-order valence-electron chi connectivity index (χ0n) is 10.4. The van der Waals surface area contributed by atoms with Crippen LogP contribution in [0.2, 0.25) is 0 Å². The van der Waals surface area contributed by atoms with Gasteiger partial charge in [-0.2, -0.15) is 0 Å². The van der Waals surface area contributed by atoms with E-state index in [-0.39, 0.29) is 0 Å². The SMILES string of the molecule is CCC(O)(CC)CNc1ncnc(NC)c1Br. The normalized spacial score (nSPS) is 11.4. The maximum Gasteiger partial charge on any atom is 0.146 e. The lowest BCUT2D eigenvalue weighted by Gasteiger charge is -2.25. The van der Waals surface area contributed by atoms with Gasteiger partial charge in [-0.15, -0.1) is 0 Å². The topological polar surface area (TPSA) is 70.1 Å². The molecule has 0 saturated heterocycles. The number of nitrogens with zero attached hydrogens (tertiary/aromatic N) is 2. The molecule has 1 heterocycles. The molecular weight excluding hydrogens is 284 g/mol. The van der Waals surface area contributed by atoms with E-state index in [0.717, 1.165) is 10.3 Å². The van der Waals surface area contributed by atoms with Crippen LogP contribution in [0.1, 0.15) is 26.7 Å². The number of aliphatic hydroxyl groups is 1. The van der Waals surface area contributed by atoms with Crippen LogP contribution in [0.4, 0.5) is 11.6 Å². The van der Waals surface area contributed by atoms with Gasteiger partial charge in [0.2, 0.25) is 0 Å². The Morgan fingerprint density at radius 2 is 1.88 bits per heavy atom. The van der Waals surface area contributed by atoms with E-state index in [1.165, 1.54) is 6.33 Å². The summed E-state index contributed by atoms with van der Waals surface area (Å²) in [6.07, 6.45) is 2.89. The lowest BCUT2D eigenvalue weighted by molar-refractivity contribution is 0.0456. The van der Waals surface area contributed by atoms with E-state index >= 15 is 0 Å². The molecule has 5 nitrogen and oxygen atoms in total. The summed E-state index contributed by atoms with van der Waals surface area (Å²) >= 11 is 3.42. The third-order valence-corrected chi connectivity index (χ3v) is 3.68. The Morgan fingerprint density at radius 3 is 2.41 bits per heavy atom. The minimum atomic E-state index is -0.690. The van der Waals surface area contributed by atoms with Gasteiger partial charge in [0.25, 0.3) is 0 Å². The standard InChI is InChI=1S/C11H19BrN4O/c1-4-11(17,5-2)6-14-10-8(12)9(13-3)15-7-16-10/h7,17H,4-6H2,1-3H3,(H2,13,14,15,16). The molecule has 0 bridgehead atoms. The molecule has 0 aliphatic heterocycles. The predicted molar refractivity (Wildman–Crippen MR) is 73.3 cm³/mol. The van der Waals surface area contributed by atoms with Crippen LogP contribution in [0.15, 0.2) is 10.8 Å². The number of rotatable bonds is 6. The predicted octanol–water partition coefficient (Wildman–Crippen LogP) is 2.24. The Morgan fingerprint density at radius 1 is 1.29 bits per heavy atom. The number of aromatic nitrogens is 2. The van der Waals surface area contributed by atoms with E-state index < -0.39 is 5.60 Å². The second-order valence-corrected chi connectivity index (χ2v) is 4.71. The summed E-state index contributed by atoms with van der Waals surface area (Å²) in [6, 6.07) is 0. The average molecular weight is 303 g/mol. The first-order chi connectivity index (χ1) is 8.06. The Bertz CT molecular complexity index is 368. The van der Waals surface area contributed by atoms with Crippen LogP contribution in [-0.4, -0.2) is 34.3 Å². The van der Waals surface area contributed by atoms with Crippen molar-refractivity contribution < 1.29 is 5.11 Å². The largest absolute Gasteiger partial charge is 0.388 e. The van der Waals surface area contributed by atoms with Crippen molar-refractivity contribution in [1.82, 2.24) is 9.97 Å². The Hall–Kier alpha value is -0.880. The van der Waals surface area contributed by atoms with Gasteiger partial charge < -0.3 is 15.7 Å². The highest BCUT2D eigenvalue weighted by molar-refractivity contribution is 9.10. The van der Waals surface area contributed by atoms with Crippen molar-refractivity contribution in [3.05, 3.63) is 10.8 Å². The number of nitrogens with one attached hydrogen (secondary N) is 2. The molecule has 0 amide bonds. The fourth-order valence-corrected chi connectivity index (χ4v) is 1.96. The molecule has 6 heteroatoms. The number of hydrogen-bond acceptors (Lipinski definition) is 5. The third-order valence-electron chi connectivity index (χ3n) is 2.93. The van der Waals surface area contributed by atoms with Crippen LogP contribution in [0.3, 0.4) is 0 Å². The highest BCUT2D eigenvalue weighted by atomic mass is 79.9. The molecule has 0 spiro atoms. The van der Waals surface area contributed by atoms with Gasteiger partial charge in [0, 0.05) is 13.6 Å². The minimum Gasteiger partial charge on any atom is -0.388 e. The van der Waals surface area contributed by atoms with Crippen LogP contribution in [0.5, 0.6) is 0 Å². The highest BCUT2D eigenvalue weighted by Gasteiger charge is 2.22. The third kappa shape index (κ3) is 3.54. The summed E-state index contributed by atoms with van der Waals surface area (Å²) in [5.41, 5.74) is -0.690. The van der Waals surface area contributed by atoms with E-state index in [9.17, 15) is 5.11 Å². The first-order valence-corrected chi connectivity index (χ1v) is 6.50. The first-order valence-electron chi connectivity index (χ1n) is 5.70. The van der Waals surface area contributed by atoms with Crippen molar-refractivity contribution in [3.8, 4) is 0 Å². The molecule has 0 aromatic carbocycles. The average Bonchev–Trinajstić information content (AvgIpc) is 2.37. The molecule has 3 N–H and O–H groups in total. The van der Waals surface area contributed by atoms with Crippen LogP contribution in [0.25, 0.3) is 0 Å². The monoisotopic (exact) mass is 302 g/mol. The zero-order valence-corrected chi connectivity index (χ0v) is 12.0. The van der Waals surface area contributed by atoms with Gasteiger partial charge in [0.15, 0.2) is 0 Å². The van der Waals surface area contributed by atoms with Crippen LogP contribution >= 0.6 is 15.9 Å². The lowest BCUT2D eigenvalue weighted by Crippen LogP contribution is -2.35. The van der Waals surface area contributed by atoms with E-state index in [4.69, 9.17) is 0 Å². The molecule has 0 aliphatic rings. The molecule has 0 radical (unpaired) electrons. The number of anilines is 2. The summed E-state index contributed by atoms with van der Waals surface area (Å²) in [5.74, 6) is 1.41. The molecule has 0 fully saturated rings. The quantitative estimate of drug-likeness (QED) is 0.752. The van der Waals surface area contributed by atoms with Gasteiger partial charge in [-0.3, -0.25) is 0 Å². The summed E-state index contributed by atoms with van der Waals surface area (Å²) in [4.78, 5) is 8.21. The molecule has 0 unspecified atom stereocenters. The molecular formula is C11H19BrN4O. The van der Waals surface area contributed by atoms with E-state index in [2.05, 4.69) is 36.5 Å². The van der Waals surface area contributed by atoms with Crippen molar-refractivity contribution in [1.29, 1.82) is 0 Å². The second kappa shape index (κ2) is 6.16. The molecule has 0 saturated carbocycles. The summed E-state index contributed by atoms with van der Waals surface area (Å²) in [6.45, 7) is 4.41. The molecule has 0 atom stereocenters. The Balaban J connectivity index is 2.76. The van der Waals surface area contributed by atoms with Gasteiger partial charge in [-0.1, -0.05) is 13.8 Å². The van der Waals surface area contributed by atoms with Crippen molar-refractivity contribution in [2.75, 3.05) is 24.2 Å². The van der Waals surface area contributed by atoms with Crippen molar-refractivity contribution in [2.45, 2.75) is 32.3 Å². The van der Waals surface area contributed by atoms with E-state index in [0.29, 0.717) is 25.2 Å². The fourth-order valence-electron chi connectivity index (χ4n) is 1.42. The first kappa shape index (κ1) is 14.2. The molecule has 96 valence electrons. The van der Waals surface area contributed by atoms with Gasteiger partial charge in [-0.05, 0) is 28.8 Å². The van der Waals surface area contributed by atoms with Crippen LogP contribution in [-0.2, 0) is 0 Å².